The van der Waals surface area contributed by atoms with E-state index in [-0.39, 0.29) is 28.0 Å². The zero-order chi connectivity index (χ0) is 28.1. The quantitative estimate of drug-likeness (QED) is 0.317. The minimum absolute atomic E-state index is 0.0213. The van der Waals surface area contributed by atoms with E-state index in [2.05, 4.69) is 15.4 Å². The first-order chi connectivity index (χ1) is 18.4. The van der Waals surface area contributed by atoms with Gasteiger partial charge in [0.15, 0.2) is 11.1 Å². The normalized spacial score (nSPS) is 14.7. The van der Waals surface area contributed by atoms with Gasteiger partial charge in [0, 0.05) is 17.3 Å². The predicted octanol–water partition coefficient (Wildman–Crippen LogP) is 3.76. The third-order valence-electron chi connectivity index (χ3n) is 6.44. The van der Waals surface area contributed by atoms with Crippen LogP contribution in [0.3, 0.4) is 0 Å². The lowest BCUT2D eigenvalue weighted by Crippen LogP contribution is -2.31. The average Bonchev–Trinajstić information content (AvgIpc) is 3.29. The summed E-state index contributed by atoms with van der Waals surface area (Å²) in [4.78, 5) is 30.1. The zero-order valence-electron chi connectivity index (χ0n) is 21.6. The summed E-state index contributed by atoms with van der Waals surface area (Å²) in [5, 5.41) is 8.06. The van der Waals surface area contributed by atoms with Gasteiger partial charge in [0.1, 0.15) is 16.5 Å². The number of sulfonamides is 1. The van der Waals surface area contributed by atoms with E-state index in [9.17, 15) is 18.0 Å². The molecule has 2 N–H and O–H groups in total. The molecule has 0 spiro atoms. The number of aryl methyl sites for hydroxylation is 1. The Morgan fingerprint density at radius 1 is 1.23 bits per heavy atom. The number of nitrogens with one attached hydrogen (secondary N) is 2. The van der Waals surface area contributed by atoms with Crippen molar-refractivity contribution >= 4 is 44.2 Å². The lowest BCUT2D eigenvalue weighted by Gasteiger charge is -2.25. The Morgan fingerprint density at radius 2 is 1.97 bits per heavy atom. The number of pyridine rings is 1. The molecule has 11 nitrogen and oxygen atoms in total. The maximum absolute atomic E-state index is 13.5. The molecule has 4 heterocycles. The van der Waals surface area contributed by atoms with Gasteiger partial charge in [-0.25, -0.2) is 18.1 Å². The monoisotopic (exact) mass is 571 g/mol. The molecule has 1 atom stereocenters. The van der Waals surface area contributed by atoms with Crippen LogP contribution in [0.25, 0.3) is 22.3 Å². The van der Waals surface area contributed by atoms with Crippen molar-refractivity contribution in [3.05, 3.63) is 74.4 Å². The summed E-state index contributed by atoms with van der Waals surface area (Å²) in [5.74, 6) is -0.514. The number of aromatic nitrogens is 3. The average molecular weight is 572 g/mol. The van der Waals surface area contributed by atoms with Crippen molar-refractivity contribution in [2.45, 2.75) is 32.9 Å². The molecule has 0 aliphatic carbocycles. The molecule has 1 amide bonds. The Hall–Kier alpha value is -3.74. The molecule has 1 unspecified atom stereocenters. The smallest absolute Gasteiger partial charge is 0.285 e. The Morgan fingerprint density at radius 3 is 2.64 bits per heavy atom. The van der Waals surface area contributed by atoms with E-state index < -0.39 is 22.0 Å². The highest BCUT2D eigenvalue weighted by Gasteiger charge is 2.25. The molecule has 0 radical (unpaired) electrons. The largest absolute Gasteiger partial charge is 0.455 e. The molecule has 39 heavy (non-hydrogen) atoms. The van der Waals surface area contributed by atoms with Crippen LogP contribution in [0.4, 0.5) is 5.69 Å². The molecule has 1 aliphatic rings. The fourth-order valence-corrected chi connectivity index (χ4v) is 5.03. The van der Waals surface area contributed by atoms with E-state index in [1.54, 1.807) is 23.9 Å². The van der Waals surface area contributed by atoms with E-state index in [4.69, 9.17) is 20.8 Å². The first-order valence-corrected chi connectivity index (χ1v) is 14.3. The van der Waals surface area contributed by atoms with Crippen LogP contribution in [0.5, 0.6) is 0 Å². The number of carbonyl (C=O) groups excluding carboxylic acids is 1. The van der Waals surface area contributed by atoms with Crippen molar-refractivity contribution in [1.29, 1.82) is 0 Å². The molecular weight excluding hydrogens is 546 g/mol. The number of halogens is 1. The molecule has 204 valence electrons. The molecule has 4 aromatic rings. The van der Waals surface area contributed by atoms with Crippen LogP contribution in [0.15, 0.2) is 45.9 Å². The molecule has 5 rings (SSSR count). The van der Waals surface area contributed by atoms with Crippen LogP contribution < -0.4 is 15.5 Å². The number of hydrogen-bond donors (Lipinski definition) is 2. The van der Waals surface area contributed by atoms with Gasteiger partial charge in [-0.15, -0.1) is 0 Å². The molecular formula is C26H26ClN5O6S. The van der Waals surface area contributed by atoms with E-state index in [1.807, 2.05) is 30.8 Å². The second-order valence-corrected chi connectivity index (χ2v) is 11.8. The van der Waals surface area contributed by atoms with E-state index in [1.165, 1.54) is 12.1 Å². The number of hydrogen-bond acceptors (Lipinski definition) is 9. The van der Waals surface area contributed by atoms with Gasteiger partial charge in [-0.1, -0.05) is 17.7 Å². The summed E-state index contributed by atoms with van der Waals surface area (Å²) >= 11 is 5.99. The first-order valence-electron chi connectivity index (χ1n) is 12.1. The fourth-order valence-electron chi connectivity index (χ4n) is 4.45. The van der Waals surface area contributed by atoms with Gasteiger partial charge in [-0.2, -0.15) is 5.10 Å². The van der Waals surface area contributed by atoms with Crippen LogP contribution in [0.2, 0.25) is 5.15 Å². The maximum Gasteiger partial charge on any atom is 0.285 e. The topological polar surface area (TPSA) is 145 Å². The van der Waals surface area contributed by atoms with Gasteiger partial charge in [-0.3, -0.25) is 14.3 Å². The molecule has 1 fully saturated rings. The van der Waals surface area contributed by atoms with E-state index >= 15 is 0 Å². The van der Waals surface area contributed by atoms with Gasteiger partial charge in [-0.05, 0) is 44.5 Å². The van der Waals surface area contributed by atoms with Gasteiger partial charge in [0.05, 0.1) is 54.4 Å². The Balaban J connectivity index is 1.58. The van der Waals surface area contributed by atoms with E-state index in [0.29, 0.717) is 46.6 Å². The van der Waals surface area contributed by atoms with Crippen LogP contribution >= 0.6 is 11.6 Å². The summed E-state index contributed by atoms with van der Waals surface area (Å²) in [5.41, 5.74) is 2.92. The summed E-state index contributed by atoms with van der Waals surface area (Å²) in [7, 11) is -3.83. The summed E-state index contributed by atoms with van der Waals surface area (Å²) in [6.45, 7) is 6.59. The maximum atomic E-state index is 13.5. The summed E-state index contributed by atoms with van der Waals surface area (Å²) in [6.07, 6.45) is 4.37. The number of amides is 1. The number of benzene rings is 1. The summed E-state index contributed by atoms with van der Waals surface area (Å²) in [6, 6.07) is 6.33. The van der Waals surface area contributed by atoms with Crippen LogP contribution in [-0.2, 0) is 14.8 Å². The van der Waals surface area contributed by atoms with Crippen molar-refractivity contribution in [2.75, 3.05) is 24.8 Å². The lowest BCUT2D eigenvalue weighted by atomic mass is 9.99. The van der Waals surface area contributed by atoms with Crippen LogP contribution in [0.1, 0.15) is 46.2 Å². The molecule has 3 aromatic heterocycles. The van der Waals surface area contributed by atoms with Crippen LogP contribution in [-0.4, -0.2) is 48.6 Å². The third-order valence-corrected chi connectivity index (χ3v) is 7.21. The number of carbonyl (C=O) groups is 1. The Bertz CT molecular complexity index is 1780. The first kappa shape index (κ1) is 26.9. The number of rotatable bonds is 7. The van der Waals surface area contributed by atoms with Gasteiger partial charge in [0.25, 0.3) is 5.91 Å². The second kappa shape index (κ2) is 10.1. The zero-order valence-corrected chi connectivity index (χ0v) is 23.2. The van der Waals surface area contributed by atoms with Gasteiger partial charge in [0.2, 0.25) is 10.0 Å². The molecule has 0 bridgehead atoms. The van der Waals surface area contributed by atoms with Gasteiger partial charge >= 0.3 is 0 Å². The summed E-state index contributed by atoms with van der Waals surface area (Å²) < 4.78 is 38.6. The van der Waals surface area contributed by atoms with E-state index in [0.717, 1.165) is 11.8 Å². The lowest BCUT2D eigenvalue weighted by molar-refractivity contribution is -0.0286. The van der Waals surface area contributed by atoms with Crippen LogP contribution in [0, 0.1) is 13.8 Å². The van der Waals surface area contributed by atoms with Crippen molar-refractivity contribution in [3.63, 3.8) is 0 Å². The molecule has 1 aromatic carbocycles. The SMILES string of the molecule is Cc1cc(C(C)Nc2ccc(Cl)nc2C(=O)NS(C)(=O)=O)c2oc(-c3cnn(C4COC4)c3)c(C)c(=O)c2c1. The number of anilines is 1. The predicted molar refractivity (Wildman–Crippen MR) is 147 cm³/mol. The number of fused-ring (bicyclic) bond motifs is 1. The minimum atomic E-state index is -3.83. The Kier molecular flexibility index (Phi) is 6.95. The Labute approximate surface area is 229 Å². The standard InChI is InChI=1S/C26H26ClN5O6S/c1-13-7-18(15(3)29-20-5-6-21(27)30-22(20)26(34)31-39(4,35)36)25-19(8-13)23(33)14(2)24(38-25)16-9-28-32(10-16)17-11-37-12-17/h5-10,15,17,29H,11-12H2,1-4H3,(H,31,34). The van der Waals surface area contributed by atoms with Crippen molar-refractivity contribution < 1.29 is 22.4 Å². The number of ether oxygens (including phenoxy) is 1. The highest BCUT2D eigenvalue weighted by Crippen LogP contribution is 2.33. The molecule has 0 saturated carbocycles. The highest BCUT2D eigenvalue weighted by molar-refractivity contribution is 7.89. The fraction of sp³-hybridized carbons (Fsp3) is 0.308. The third kappa shape index (κ3) is 5.40. The van der Waals surface area contributed by atoms with Crippen molar-refractivity contribution in [1.82, 2.24) is 19.5 Å². The highest BCUT2D eigenvalue weighted by atomic mass is 35.5. The van der Waals surface area contributed by atoms with Gasteiger partial charge < -0.3 is 14.5 Å². The second-order valence-electron chi connectivity index (χ2n) is 9.62. The molecule has 13 heteroatoms. The number of nitrogens with zero attached hydrogens (tertiary/aromatic N) is 3. The molecule has 1 aliphatic heterocycles. The van der Waals surface area contributed by atoms with Crippen molar-refractivity contribution in [3.8, 4) is 11.3 Å². The molecule has 1 saturated heterocycles. The minimum Gasteiger partial charge on any atom is -0.455 e. The van der Waals surface area contributed by atoms with Crippen molar-refractivity contribution in [2.24, 2.45) is 0 Å².